The van der Waals surface area contributed by atoms with Gasteiger partial charge in [-0.2, -0.15) is 0 Å². The van der Waals surface area contributed by atoms with Crippen LogP contribution >= 0.6 is 0 Å². The van der Waals surface area contributed by atoms with Gasteiger partial charge in [0.2, 0.25) is 0 Å². The van der Waals surface area contributed by atoms with Crippen molar-refractivity contribution < 1.29 is 10.2 Å². The predicted molar refractivity (Wildman–Crippen MR) is 60.4 cm³/mol. The third-order valence-corrected chi connectivity index (χ3v) is 3.21. The van der Waals surface area contributed by atoms with E-state index in [-0.39, 0.29) is 11.5 Å². The van der Waals surface area contributed by atoms with Gasteiger partial charge in [0, 0.05) is 5.56 Å². The fourth-order valence-electron chi connectivity index (χ4n) is 2.48. The van der Waals surface area contributed by atoms with E-state index in [2.05, 4.69) is 6.92 Å². The van der Waals surface area contributed by atoms with Crippen molar-refractivity contribution in [3.8, 4) is 11.5 Å². The zero-order chi connectivity index (χ0) is 10.8. The summed E-state index contributed by atoms with van der Waals surface area (Å²) < 4.78 is 0. The Morgan fingerprint density at radius 2 is 1.93 bits per heavy atom. The number of fused-ring (bicyclic) bond motifs is 1. The summed E-state index contributed by atoms with van der Waals surface area (Å²) in [5, 5.41) is 19.5. The molecule has 15 heavy (non-hydrogen) atoms. The molecule has 0 unspecified atom stereocenters. The highest BCUT2D eigenvalue weighted by Crippen LogP contribution is 2.38. The summed E-state index contributed by atoms with van der Waals surface area (Å²) in [6, 6.07) is 1.74. The van der Waals surface area contributed by atoms with E-state index in [1.54, 1.807) is 6.07 Å². The van der Waals surface area contributed by atoms with Crippen LogP contribution in [0.3, 0.4) is 0 Å². The minimum Gasteiger partial charge on any atom is -0.504 e. The van der Waals surface area contributed by atoms with Crippen molar-refractivity contribution in [3.05, 3.63) is 22.8 Å². The normalized spacial score (nSPS) is 15.0. The van der Waals surface area contributed by atoms with E-state index in [0.717, 1.165) is 31.2 Å². The molecule has 2 N–H and O–H groups in total. The zero-order valence-corrected chi connectivity index (χ0v) is 9.21. The molecule has 0 saturated heterocycles. The first-order valence-electron chi connectivity index (χ1n) is 5.79. The SMILES string of the molecule is CCCc1c(O)c(O)cc2c1CCCC2. The molecule has 82 valence electrons. The van der Waals surface area contributed by atoms with Crippen LogP contribution in [0.1, 0.15) is 42.9 Å². The van der Waals surface area contributed by atoms with Crippen LogP contribution < -0.4 is 0 Å². The minimum atomic E-state index is 0.0547. The molecule has 0 heterocycles. The van der Waals surface area contributed by atoms with Crippen LogP contribution in [0.4, 0.5) is 0 Å². The molecule has 0 radical (unpaired) electrons. The molecule has 1 aromatic rings. The maximum atomic E-state index is 9.83. The fraction of sp³-hybridized carbons (Fsp3) is 0.538. The second-order valence-corrected chi connectivity index (χ2v) is 4.32. The summed E-state index contributed by atoms with van der Waals surface area (Å²) in [5.74, 6) is 0.164. The van der Waals surface area contributed by atoms with Gasteiger partial charge in [-0.15, -0.1) is 0 Å². The van der Waals surface area contributed by atoms with Crippen LogP contribution in [0.2, 0.25) is 0 Å². The van der Waals surface area contributed by atoms with Crippen molar-refractivity contribution in [1.29, 1.82) is 0 Å². The van der Waals surface area contributed by atoms with Crippen LogP contribution in [0.15, 0.2) is 6.07 Å². The quantitative estimate of drug-likeness (QED) is 0.730. The first-order valence-corrected chi connectivity index (χ1v) is 5.79. The van der Waals surface area contributed by atoms with Gasteiger partial charge in [0.25, 0.3) is 0 Å². The van der Waals surface area contributed by atoms with Crippen molar-refractivity contribution in [2.75, 3.05) is 0 Å². The molecule has 1 aliphatic rings. The lowest BCUT2D eigenvalue weighted by atomic mass is 9.86. The highest BCUT2D eigenvalue weighted by Gasteiger charge is 2.18. The Hall–Kier alpha value is -1.18. The lowest BCUT2D eigenvalue weighted by Gasteiger charge is -2.21. The monoisotopic (exact) mass is 206 g/mol. The first-order chi connectivity index (χ1) is 7.24. The summed E-state index contributed by atoms with van der Waals surface area (Å²) in [7, 11) is 0. The van der Waals surface area contributed by atoms with E-state index in [9.17, 15) is 10.2 Å². The molecule has 2 rings (SSSR count). The molecule has 0 atom stereocenters. The van der Waals surface area contributed by atoms with Crippen LogP contribution in [0, 0.1) is 0 Å². The smallest absolute Gasteiger partial charge is 0.160 e. The van der Waals surface area contributed by atoms with Gasteiger partial charge in [-0.1, -0.05) is 13.3 Å². The van der Waals surface area contributed by atoms with Crippen molar-refractivity contribution in [3.63, 3.8) is 0 Å². The molecule has 1 aliphatic carbocycles. The first kappa shape index (κ1) is 10.3. The number of phenolic OH excluding ortho intramolecular Hbond substituents is 2. The Morgan fingerprint density at radius 1 is 1.20 bits per heavy atom. The average molecular weight is 206 g/mol. The molecule has 0 bridgehead atoms. The summed E-state index contributed by atoms with van der Waals surface area (Å²) in [6.07, 6.45) is 6.36. The highest BCUT2D eigenvalue weighted by molar-refractivity contribution is 5.53. The Bertz CT molecular complexity index is 369. The van der Waals surface area contributed by atoms with Gasteiger partial charge >= 0.3 is 0 Å². The number of rotatable bonds is 2. The van der Waals surface area contributed by atoms with Crippen molar-refractivity contribution in [1.82, 2.24) is 0 Å². The van der Waals surface area contributed by atoms with Gasteiger partial charge in [0.1, 0.15) is 0 Å². The van der Waals surface area contributed by atoms with Crippen LogP contribution in [0.5, 0.6) is 11.5 Å². The number of hydrogen-bond donors (Lipinski definition) is 2. The zero-order valence-electron chi connectivity index (χ0n) is 9.21. The second-order valence-electron chi connectivity index (χ2n) is 4.32. The maximum absolute atomic E-state index is 9.83. The molecular weight excluding hydrogens is 188 g/mol. The van der Waals surface area contributed by atoms with E-state index >= 15 is 0 Å². The van der Waals surface area contributed by atoms with Crippen LogP contribution in [0.25, 0.3) is 0 Å². The second kappa shape index (κ2) is 4.13. The van der Waals surface area contributed by atoms with Gasteiger partial charge in [-0.3, -0.25) is 0 Å². The van der Waals surface area contributed by atoms with E-state index < -0.39 is 0 Å². The molecule has 0 saturated carbocycles. The van der Waals surface area contributed by atoms with Crippen molar-refractivity contribution >= 4 is 0 Å². The van der Waals surface area contributed by atoms with E-state index in [1.807, 2.05) is 0 Å². The Balaban J connectivity index is 2.52. The largest absolute Gasteiger partial charge is 0.504 e. The fourth-order valence-corrected chi connectivity index (χ4v) is 2.48. The number of aryl methyl sites for hydroxylation is 1. The lowest BCUT2D eigenvalue weighted by molar-refractivity contribution is 0.396. The molecule has 0 amide bonds. The minimum absolute atomic E-state index is 0.0547. The van der Waals surface area contributed by atoms with Gasteiger partial charge in [0.15, 0.2) is 11.5 Å². The third kappa shape index (κ3) is 1.81. The van der Waals surface area contributed by atoms with Crippen LogP contribution in [-0.2, 0) is 19.3 Å². The van der Waals surface area contributed by atoms with Gasteiger partial charge < -0.3 is 10.2 Å². The maximum Gasteiger partial charge on any atom is 0.160 e. The number of hydrogen-bond acceptors (Lipinski definition) is 2. The highest BCUT2D eigenvalue weighted by atomic mass is 16.3. The van der Waals surface area contributed by atoms with Gasteiger partial charge in [0.05, 0.1) is 0 Å². The molecule has 2 heteroatoms. The van der Waals surface area contributed by atoms with E-state index in [4.69, 9.17) is 0 Å². The number of aromatic hydroxyl groups is 2. The lowest BCUT2D eigenvalue weighted by Crippen LogP contribution is -2.06. The van der Waals surface area contributed by atoms with E-state index in [0.29, 0.717) is 0 Å². The molecule has 0 spiro atoms. The van der Waals surface area contributed by atoms with Crippen molar-refractivity contribution in [2.45, 2.75) is 45.4 Å². The summed E-state index contributed by atoms with van der Waals surface area (Å²) >= 11 is 0. The molecule has 0 aromatic heterocycles. The van der Waals surface area contributed by atoms with Crippen molar-refractivity contribution in [2.24, 2.45) is 0 Å². The molecule has 1 aromatic carbocycles. The third-order valence-electron chi connectivity index (χ3n) is 3.21. The van der Waals surface area contributed by atoms with Gasteiger partial charge in [-0.05, 0) is 49.3 Å². The molecule has 2 nitrogen and oxygen atoms in total. The molecular formula is C13H18O2. The number of phenols is 2. The predicted octanol–water partition coefficient (Wildman–Crippen LogP) is 2.93. The van der Waals surface area contributed by atoms with Crippen LogP contribution in [-0.4, -0.2) is 10.2 Å². The molecule has 0 aliphatic heterocycles. The van der Waals surface area contributed by atoms with Gasteiger partial charge in [-0.25, -0.2) is 0 Å². The summed E-state index contributed by atoms with van der Waals surface area (Å²) in [5.41, 5.74) is 3.51. The summed E-state index contributed by atoms with van der Waals surface area (Å²) in [4.78, 5) is 0. The summed E-state index contributed by atoms with van der Waals surface area (Å²) in [6.45, 7) is 2.10. The average Bonchev–Trinajstić information content (AvgIpc) is 2.25. The standard InChI is InChI=1S/C13H18O2/c1-2-5-11-10-7-4-3-6-9(10)8-12(14)13(11)15/h8,14-15H,2-7H2,1H3. The molecule has 0 fully saturated rings. The Labute approximate surface area is 90.6 Å². The topological polar surface area (TPSA) is 40.5 Å². The van der Waals surface area contributed by atoms with E-state index in [1.165, 1.54) is 24.0 Å². The number of benzene rings is 1. The Kier molecular flexibility index (Phi) is 2.85. The Morgan fingerprint density at radius 3 is 2.67 bits per heavy atom.